The van der Waals surface area contributed by atoms with E-state index >= 15 is 0 Å². The molecule has 4 N–H and O–H groups in total. The number of phenolic OH excluding ortho intramolecular Hbond substituents is 1. The topological polar surface area (TPSA) is 105 Å². The average molecular weight is 213 g/mol. The minimum absolute atomic E-state index is 0.0694. The SMILES string of the molecule is NC1=NS(=O)(=O)Nc2c(O)cccc21. The highest BCUT2D eigenvalue weighted by Crippen LogP contribution is 2.30. The van der Waals surface area contributed by atoms with Crippen LogP contribution < -0.4 is 10.5 Å². The second-order valence-electron chi connectivity index (χ2n) is 2.75. The summed E-state index contributed by atoms with van der Waals surface area (Å²) in [6.45, 7) is 0. The summed E-state index contributed by atoms with van der Waals surface area (Å²) in [6, 6.07) is 4.48. The molecule has 1 aromatic carbocycles. The smallest absolute Gasteiger partial charge is 0.344 e. The zero-order chi connectivity index (χ0) is 10.3. The van der Waals surface area contributed by atoms with Gasteiger partial charge in [0.15, 0.2) is 0 Å². The summed E-state index contributed by atoms with van der Waals surface area (Å²) in [6.07, 6.45) is 0. The minimum atomic E-state index is -3.81. The molecule has 0 aromatic heterocycles. The van der Waals surface area contributed by atoms with Gasteiger partial charge < -0.3 is 10.8 Å². The number of nitrogens with zero attached hydrogens (tertiary/aromatic N) is 1. The lowest BCUT2D eigenvalue weighted by Gasteiger charge is -2.16. The molecule has 0 saturated heterocycles. The number of hydrogen-bond acceptors (Lipinski definition) is 4. The van der Waals surface area contributed by atoms with E-state index in [9.17, 15) is 13.5 Å². The fraction of sp³-hybridized carbons (Fsp3) is 0. The fourth-order valence-corrected chi connectivity index (χ4v) is 2.07. The Bertz CT molecular complexity index is 521. The van der Waals surface area contributed by atoms with Gasteiger partial charge in [-0.3, -0.25) is 4.72 Å². The van der Waals surface area contributed by atoms with E-state index in [4.69, 9.17) is 5.73 Å². The summed E-state index contributed by atoms with van der Waals surface area (Å²) >= 11 is 0. The Morgan fingerprint density at radius 2 is 2.14 bits per heavy atom. The lowest BCUT2D eigenvalue weighted by molar-refractivity contribution is 0.477. The van der Waals surface area contributed by atoms with E-state index in [1.165, 1.54) is 6.07 Å². The first-order valence-electron chi connectivity index (χ1n) is 3.70. The van der Waals surface area contributed by atoms with Gasteiger partial charge >= 0.3 is 10.2 Å². The first-order valence-corrected chi connectivity index (χ1v) is 5.14. The third kappa shape index (κ3) is 1.27. The maximum absolute atomic E-state index is 11.1. The minimum Gasteiger partial charge on any atom is -0.506 e. The molecule has 2 rings (SSSR count). The Kier molecular flexibility index (Phi) is 1.65. The van der Waals surface area contributed by atoms with Gasteiger partial charge in [-0.25, -0.2) is 0 Å². The molecule has 6 nitrogen and oxygen atoms in total. The quantitative estimate of drug-likeness (QED) is 0.517. The molecule has 0 spiro atoms. The summed E-state index contributed by atoms with van der Waals surface area (Å²) in [5, 5.41) is 9.37. The number of nitrogens with two attached hydrogens (primary N) is 1. The van der Waals surface area contributed by atoms with Crippen LogP contribution in [-0.2, 0) is 10.2 Å². The standard InChI is InChI=1S/C7H7N3O3S/c8-7-4-2-1-3-5(11)6(4)9-14(12,13)10-7/h1-3,9,11H,(H2,8,10). The predicted molar refractivity (Wildman–Crippen MR) is 51.4 cm³/mol. The number of rotatable bonds is 0. The molecule has 0 saturated carbocycles. The van der Waals surface area contributed by atoms with Gasteiger partial charge in [0.05, 0.1) is 0 Å². The average Bonchev–Trinajstić information content (AvgIpc) is 2.05. The number of para-hydroxylation sites is 1. The van der Waals surface area contributed by atoms with Crippen LogP contribution in [0, 0.1) is 0 Å². The van der Waals surface area contributed by atoms with E-state index in [1.807, 2.05) is 0 Å². The Morgan fingerprint density at radius 1 is 1.43 bits per heavy atom. The zero-order valence-corrected chi connectivity index (χ0v) is 7.75. The summed E-state index contributed by atoms with van der Waals surface area (Å²) in [7, 11) is -3.81. The molecule has 0 atom stereocenters. The summed E-state index contributed by atoms with van der Waals surface area (Å²) in [4.78, 5) is 0. The second kappa shape index (κ2) is 2.61. The monoisotopic (exact) mass is 213 g/mol. The van der Waals surface area contributed by atoms with Crippen molar-refractivity contribution in [3.8, 4) is 5.75 Å². The molecule has 0 unspecified atom stereocenters. The first-order chi connectivity index (χ1) is 6.49. The maximum atomic E-state index is 11.1. The van der Waals surface area contributed by atoms with Crippen LogP contribution in [0.3, 0.4) is 0 Å². The normalized spacial score (nSPS) is 17.9. The Balaban J connectivity index is 2.74. The highest BCUT2D eigenvalue weighted by Gasteiger charge is 2.22. The lowest BCUT2D eigenvalue weighted by Crippen LogP contribution is -2.26. The van der Waals surface area contributed by atoms with Gasteiger partial charge in [-0.2, -0.15) is 8.42 Å². The van der Waals surface area contributed by atoms with Crippen molar-refractivity contribution in [1.29, 1.82) is 0 Å². The first kappa shape index (κ1) is 8.82. The number of aromatic hydroxyl groups is 1. The number of anilines is 1. The van der Waals surface area contributed by atoms with Crippen molar-refractivity contribution in [3.63, 3.8) is 0 Å². The summed E-state index contributed by atoms with van der Waals surface area (Å²) < 4.78 is 27.5. The van der Waals surface area contributed by atoms with Crippen LogP contribution in [0.25, 0.3) is 0 Å². The molecule has 0 aliphatic carbocycles. The van der Waals surface area contributed by atoms with Crippen molar-refractivity contribution in [2.24, 2.45) is 10.1 Å². The highest BCUT2D eigenvalue weighted by molar-refractivity contribution is 7.91. The molecule has 74 valence electrons. The number of hydrogen-bond donors (Lipinski definition) is 3. The summed E-state index contributed by atoms with van der Waals surface area (Å²) in [5.74, 6) is -0.307. The van der Waals surface area contributed by atoms with E-state index in [0.29, 0.717) is 5.56 Å². The molecule has 0 amide bonds. The third-order valence-electron chi connectivity index (χ3n) is 1.77. The van der Waals surface area contributed by atoms with Crippen molar-refractivity contribution in [2.75, 3.05) is 4.72 Å². The van der Waals surface area contributed by atoms with Crippen LogP contribution >= 0.6 is 0 Å². The van der Waals surface area contributed by atoms with Crippen molar-refractivity contribution < 1.29 is 13.5 Å². The zero-order valence-electron chi connectivity index (χ0n) is 6.93. The van der Waals surface area contributed by atoms with Crippen molar-refractivity contribution in [1.82, 2.24) is 0 Å². The molecule has 1 heterocycles. The molecule has 14 heavy (non-hydrogen) atoms. The van der Waals surface area contributed by atoms with Crippen LogP contribution in [0.1, 0.15) is 5.56 Å². The van der Waals surface area contributed by atoms with E-state index in [0.717, 1.165) is 0 Å². The van der Waals surface area contributed by atoms with Crippen molar-refractivity contribution >= 4 is 21.7 Å². The van der Waals surface area contributed by atoms with Gasteiger partial charge in [0, 0.05) is 5.56 Å². The number of nitrogens with one attached hydrogen (secondary N) is 1. The largest absolute Gasteiger partial charge is 0.506 e. The molecule has 7 heteroatoms. The van der Waals surface area contributed by atoms with Gasteiger partial charge in [-0.1, -0.05) is 6.07 Å². The maximum Gasteiger partial charge on any atom is 0.344 e. The van der Waals surface area contributed by atoms with Gasteiger partial charge in [0.2, 0.25) is 0 Å². The lowest BCUT2D eigenvalue weighted by atomic mass is 10.1. The predicted octanol–water partition coefficient (Wildman–Crippen LogP) is -0.232. The molecule has 0 fully saturated rings. The molecule has 1 aliphatic rings. The highest BCUT2D eigenvalue weighted by atomic mass is 32.2. The van der Waals surface area contributed by atoms with Crippen molar-refractivity contribution in [2.45, 2.75) is 0 Å². The molecular formula is C7H7N3O3S. The van der Waals surface area contributed by atoms with Crippen LogP contribution in [-0.4, -0.2) is 19.4 Å². The third-order valence-corrected chi connectivity index (χ3v) is 2.67. The number of fused-ring (bicyclic) bond motifs is 1. The number of amidine groups is 1. The second-order valence-corrected chi connectivity index (χ2v) is 4.09. The van der Waals surface area contributed by atoms with Crippen LogP contribution in [0.15, 0.2) is 22.6 Å². The number of phenols is 1. The molecule has 0 radical (unpaired) electrons. The molecule has 1 aromatic rings. The summed E-state index contributed by atoms with van der Waals surface area (Å²) in [5.41, 5.74) is 5.85. The van der Waals surface area contributed by atoms with Crippen LogP contribution in [0.2, 0.25) is 0 Å². The fourth-order valence-electron chi connectivity index (χ4n) is 1.19. The number of benzene rings is 1. The Morgan fingerprint density at radius 3 is 2.86 bits per heavy atom. The van der Waals surface area contributed by atoms with E-state index in [-0.39, 0.29) is 17.3 Å². The molecular weight excluding hydrogens is 206 g/mol. The van der Waals surface area contributed by atoms with Crippen LogP contribution in [0.4, 0.5) is 5.69 Å². The van der Waals surface area contributed by atoms with Crippen molar-refractivity contribution in [3.05, 3.63) is 23.8 Å². The molecule has 1 aliphatic heterocycles. The van der Waals surface area contributed by atoms with E-state index in [1.54, 1.807) is 12.1 Å². The van der Waals surface area contributed by atoms with Gasteiger partial charge in [-0.05, 0) is 12.1 Å². The van der Waals surface area contributed by atoms with Gasteiger partial charge in [0.25, 0.3) is 0 Å². The van der Waals surface area contributed by atoms with E-state index in [2.05, 4.69) is 9.12 Å². The van der Waals surface area contributed by atoms with E-state index < -0.39 is 10.2 Å². The van der Waals surface area contributed by atoms with Crippen LogP contribution in [0.5, 0.6) is 5.75 Å². The Hall–Kier alpha value is -1.76. The van der Waals surface area contributed by atoms with Gasteiger partial charge in [-0.15, -0.1) is 4.40 Å². The van der Waals surface area contributed by atoms with Gasteiger partial charge in [0.1, 0.15) is 17.3 Å². The Labute approximate surface area is 80.3 Å². The molecule has 0 bridgehead atoms.